The number of carboxylic acid groups (broad SMARTS) is 1. The van der Waals surface area contributed by atoms with Gasteiger partial charge in [0.05, 0.1) is 17.1 Å². The molecule has 0 aromatic heterocycles. The fourth-order valence-corrected chi connectivity index (χ4v) is 3.61. The Morgan fingerprint density at radius 2 is 1.79 bits per heavy atom. The fourth-order valence-electron chi connectivity index (χ4n) is 3.10. The number of aliphatic carboxylic acids is 1. The van der Waals surface area contributed by atoms with Gasteiger partial charge in [-0.15, -0.1) is 0 Å². The standard InChI is InChI=1S/C24H29BrN4O5/c1-15(17-8-11-20(19(25)13-17)34-12-4-2-3-5-23(32)33)28-21(30)14-22(31)29-18-9-6-16(7-10-18)24(26)27/h6-11,13,15H,2-5,12,14H2,1H3,(H3,26,27)(H,28,30)(H,29,31)(H,32,33). The number of benzene rings is 2. The Labute approximate surface area is 206 Å². The van der Waals surface area contributed by atoms with Gasteiger partial charge < -0.3 is 26.2 Å². The zero-order chi connectivity index (χ0) is 25.1. The van der Waals surface area contributed by atoms with E-state index in [1.807, 2.05) is 19.1 Å². The number of anilines is 1. The van der Waals surface area contributed by atoms with Crippen molar-refractivity contribution in [1.29, 1.82) is 5.41 Å². The Morgan fingerprint density at radius 3 is 2.41 bits per heavy atom. The van der Waals surface area contributed by atoms with Crippen molar-refractivity contribution in [2.24, 2.45) is 5.73 Å². The molecule has 182 valence electrons. The maximum absolute atomic E-state index is 12.3. The molecular formula is C24H29BrN4O5. The summed E-state index contributed by atoms with van der Waals surface area (Å²) >= 11 is 3.47. The summed E-state index contributed by atoms with van der Waals surface area (Å²) in [5, 5.41) is 21.5. The van der Waals surface area contributed by atoms with E-state index in [4.69, 9.17) is 21.0 Å². The quantitative estimate of drug-likeness (QED) is 0.114. The molecule has 2 amide bonds. The van der Waals surface area contributed by atoms with Crippen molar-refractivity contribution in [3.05, 3.63) is 58.1 Å². The van der Waals surface area contributed by atoms with Gasteiger partial charge in [0, 0.05) is 17.7 Å². The van der Waals surface area contributed by atoms with Gasteiger partial charge in [0.1, 0.15) is 18.0 Å². The van der Waals surface area contributed by atoms with Crippen molar-refractivity contribution in [2.75, 3.05) is 11.9 Å². The first-order chi connectivity index (χ1) is 16.2. The average molecular weight is 533 g/mol. The fraction of sp³-hybridized carbons (Fsp3) is 0.333. The van der Waals surface area contributed by atoms with Crippen molar-refractivity contribution in [3.8, 4) is 5.75 Å². The topological polar surface area (TPSA) is 155 Å². The molecule has 0 saturated carbocycles. The predicted octanol–water partition coefficient (Wildman–Crippen LogP) is 3.96. The van der Waals surface area contributed by atoms with Gasteiger partial charge in [-0.3, -0.25) is 19.8 Å². The Bertz CT molecular complexity index is 1030. The van der Waals surface area contributed by atoms with Crippen LogP contribution in [-0.2, 0) is 14.4 Å². The Kier molecular flexibility index (Phi) is 10.5. The third kappa shape index (κ3) is 9.22. The molecule has 0 bridgehead atoms. The van der Waals surface area contributed by atoms with E-state index in [-0.39, 0.29) is 24.7 Å². The first-order valence-electron chi connectivity index (χ1n) is 10.8. The number of halogens is 1. The largest absolute Gasteiger partial charge is 0.492 e. The first kappa shape index (κ1) is 26.8. The smallest absolute Gasteiger partial charge is 0.303 e. The molecule has 34 heavy (non-hydrogen) atoms. The van der Waals surface area contributed by atoms with Gasteiger partial charge in [-0.25, -0.2) is 0 Å². The lowest BCUT2D eigenvalue weighted by Gasteiger charge is -2.16. The van der Waals surface area contributed by atoms with E-state index in [0.29, 0.717) is 30.0 Å². The molecule has 2 aromatic rings. The van der Waals surface area contributed by atoms with E-state index in [1.165, 1.54) is 0 Å². The Hall–Kier alpha value is -3.40. The van der Waals surface area contributed by atoms with Crippen LogP contribution in [0.2, 0.25) is 0 Å². The minimum atomic E-state index is -0.790. The number of carbonyl (C=O) groups excluding carboxylic acids is 2. The summed E-state index contributed by atoms with van der Waals surface area (Å²) < 4.78 is 6.48. The zero-order valence-corrected chi connectivity index (χ0v) is 20.5. The molecule has 1 unspecified atom stereocenters. The van der Waals surface area contributed by atoms with Crippen LogP contribution in [0.15, 0.2) is 46.9 Å². The molecule has 0 aliphatic heterocycles. The number of nitrogens with one attached hydrogen (secondary N) is 3. The normalized spacial score (nSPS) is 11.4. The number of hydrogen-bond acceptors (Lipinski definition) is 5. The monoisotopic (exact) mass is 532 g/mol. The van der Waals surface area contributed by atoms with E-state index < -0.39 is 17.8 Å². The summed E-state index contributed by atoms with van der Waals surface area (Å²) in [7, 11) is 0. The van der Waals surface area contributed by atoms with Crippen LogP contribution in [0.5, 0.6) is 5.75 Å². The molecular weight excluding hydrogens is 504 g/mol. The van der Waals surface area contributed by atoms with Gasteiger partial charge in [0.15, 0.2) is 0 Å². The van der Waals surface area contributed by atoms with E-state index in [2.05, 4.69) is 26.6 Å². The van der Waals surface area contributed by atoms with E-state index in [1.54, 1.807) is 30.3 Å². The van der Waals surface area contributed by atoms with Crippen LogP contribution in [0, 0.1) is 5.41 Å². The van der Waals surface area contributed by atoms with Gasteiger partial charge in [-0.1, -0.05) is 6.07 Å². The highest BCUT2D eigenvalue weighted by atomic mass is 79.9. The molecule has 0 radical (unpaired) electrons. The van der Waals surface area contributed by atoms with Crippen LogP contribution in [0.3, 0.4) is 0 Å². The number of hydrogen-bond donors (Lipinski definition) is 5. The maximum Gasteiger partial charge on any atom is 0.303 e. The van der Waals surface area contributed by atoms with Crippen LogP contribution < -0.4 is 21.1 Å². The van der Waals surface area contributed by atoms with Crippen LogP contribution in [0.1, 0.15) is 56.2 Å². The Balaban J connectivity index is 1.79. The molecule has 2 rings (SSSR count). The number of nitrogens with two attached hydrogens (primary N) is 1. The number of amidine groups is 1. The van der Waals surface area contributed by atoms with Crippen molar-refractivity contribution in [1.82, 2.24) is 5.32 Å². The van der Waals surface area contributed by atoms with Gasteiger partial charge >= 0.3 is 5.97 Å². The summed E-state index contributed by atoms with van der Waals surface area (Å²) in [6, 6.07) is 11.6. The minimum Gasteiger partial charge on any atom is -0.492 e. The lowest BCUT2D eigenvalue weighted by Crippen LogP contribution is -2.30. The molecule has 0 saturated heterocycles. The average Bonchev–Trinajstić information content (AvgIpc) is 2.76. The Morgan fingerprint density at radius 1 is 1.09 bits per heavy atom. The van der Waals surface area contributed by atoms with E-state index in [9.17, 15) is 14.4 Å². The van der Waals surface area contributed by atoms with Crippen molar-refractivity contribution in [2.45, 2.75) is 45.1 Å². The van der Waals surface area contributed by atoms with Gasteiger partial charge in [0.25, 0.3) is 0 Å². The first-order valence-corrected chi connectivity index (χ1v) is 11.6. The van der Waals surface area contributed by atoms with Gasteiger partial charge in [-0.2, -0.15) is 0 Å². The summed E-state index contributed by atoms with van der Waals surface area (Å²) in [5.41, 5.74) is 7.30. The van der Waals surface area contributed by atoms with Crippen molar-refractivity contribution < 1.29 is 24.2 Å². The highest BCUT2D eigenvalue weighted by Crippen LogP contribution is 2.28. The number of ether oxygens (including phenoxy) is 1. The molecule has 0 aliphatic rings. The predicted molar refractivity (Wildman–Crippen MR) is 133 cm³/mol. The minimum absolute atomic E-state index is 0.0644. The second-order valence-corrected chi connectivity index (χ2v) is 8.60. The summed E-state index contributed by atoms with van der Waals surface area (Å²) in [4.78, 5) is 35.0. The summed E-state index contributed by atoms with van der Waals surface area (Å²) in [6.45, 7) is 2.30. The van der Waals surface area contributed by atoms with Gasteiger partial charge in [-0.05, 0) is 84.1 Å². The van der Waals surface area contributed by atoms with Crippen LogP contribution >= 0.6 is 15.9 Å². The van der Waals surface area contributed by atoms with Gasteiger partial charge in [0.2, 0.25) is 11.8 Å². The number of amides is 2. The van der Waals surface area contributed by atoms with Crippen molar-refractivity contribution in [3.63, 3.8) is 0 Å². The molecule has 0 fully saturated rings. The molecule has 0 spiro atoms. The molecule has 10 heteroatoms. The lowest BCUT2D eigenvalue weighted by atomic mass is 10.1. The summed E-state index contributed by atoms with van der Waals surface area (Å²) in [5.74, 6) is -1.06. The zero-order valence-electron chi connectivity index (χ0n) is 18.9. The second-order valence-electron chi connectivity index (χ2n) is 7.75. The highest BCUT2D eigenvalue weighted by Gasteiger charge is 2.15. The molecule has 0 aliphatic carbocycles. The third-order valence-corrected chi connectivity index (χ3v) is 5.55. The lowest BCUT2D eigenvalue weighted by molar-refractivity contribution is -0.137. The second kappa shape index (κ2) is 13.3. The molecule has 9 nitrogen and oxygen atoms in total. The van der Waals surface area contributed by atoms with E-state index >= 15 is 0 Å². The van der Waals surface area contributed by atoms with Crippen LogP contribution in [0.25, 0.3) is 0 Å². The van der Waals surface area contributed by atoms with E-state index in [0.717, 1.165) is 22.9 Å². The SMILES string of the molecule is CC(NC(=O)CC(=O)Nc1ccc(C(=N)N)cc1)c1ccc(OCCCCCC(=O)O)c(Br)c1. The van der Waals surface area contributed by atoms with Crippen LogP contribution in [-0.4, -0.2) is 35.3 Å². The number of unbranched alkanes of at least 4 members (excludes halogenated alkanes) is 2. The number of carboxylic acids is 1. The molecule has 1 atom stereocenters. The molecule has 2 aromatic carbocycles. The van der Waals surface area contributed by atoms with Crippen molar-refractivity contribution >= 4 is 45.2 Å². The van der Waals surface area contributed by atoms with Crippen LogP contribution in [0.4, 0.5) is 5.69 Å². The molecule has 6 N–H and O–H groups in total. The maximum atomic E-state index is 12.3. The summed E-state index contributed by atoms with van der Waals surface area (Å²) in [6.07, 6.45) is 2.00. The highest BCUT2D eigenvalue weighted by molar-refractivity contribution is 9.10. The number of rotatable bonds is 13. The molecule has 0 heterocycles. The number of nitrogen functional groups attached to an aromatic ring is 1. The number of carbonyl (C=O) groups is 3. The third-order valence-electron chi connectivity index (χ3n) is 4.93.